The summed E-state index contributed by atoms with van der Waals surface area (Å²) in [6.07, 6.45) is 0.311. The monoisotopic (exact) mass is 334 g/mol. The maximum absolute atomic E-state index is 12.1. The molecule has 0 saturated carbocycles. The summed E-state index contributed by atoms with van der Waals surface area (Å²) in [5.41, 5.74) is 1.29. The van der Waals surface area contributed by atoms with Gasteiger partial charge < -0.3 is 4.74 Å². The molecule has 2 nitrogen and oxygen atoms in total. The van der Waals surface area contributed by atoms with E-state index < -0.39 is 6.10 Å². The van der Waals surface area contributed by atoms with Crippen molar-refractivity contribution in [3.05, 3.63) is 46.5 Å². The fraction of sp³-hybridized carbons (Fsp3) is 0.353. The van der Waals surface area contributed by atoms with Gasteiger partial charge in [-0.15, -0.1) is 0 Å². The van der Waals surface area contributed by atoms with E-state index in [2.05, 4.69) is 48.2 Å². The number of ether oxygens (including phenoxy) is 1. The second-order valence-electron chi connectivity index (χ2n) is 5.08. The molecule has 1 aromatic carbocycles. The van der Waals surface area contributed by atoms with Crippen molar-refractivity contribution in [2.45, 2.75) is 33.3 Å². The number of carbonyl (C=O) groups is 1. The summed E-state index contributed by atoms with van der Waals surface area (Å²) in [5.74, 6) is 5.90. The summed E-state index contributed by atoms with van der Waals surface area (Å²) in [6, 6.07) is 7.08. The van der Waals surface area contributed by atoms with E-state index in [4.69, 9.17) is 4.74 Å². The van der Waals surface area contributed by atoms with E-state index in [-0.39, 0.29) is 5.97 Å². The summed E-state index contributed by atoms with van der Waals surface area (Å²) in [6.45, 7) is 9.71. The first-order valence-corrected chi connectivity index (χ1v) is 7.31. The third kappa shape index (κ3) is 6.08. The van der Waals surface area contributed by atoms with Crippen LogP contribution in [0.1, 0.15) is 37.6 Å². The molecule has 106 valence electrons. The molecule has 3 heteroatoms. The number of allylic oxidation sites excluding steroid dienone is 1. The van der Waals surface area contributed by atoms with Crippen LogP contribution in [-0.4, -0.2) is 12.1 Å². The highest BCUT2D eigenvalue weighted by Crippen LogP contribution is 2.14. The van der Waals surface area contributed by atoms with E-state index >= 15 is 0 Å². The van der Waals surface area contributed by atoms with Gasteiger partial charge in [0.2, 0.25) is 0 Å². The third-order valence-corrected chi connectivity index (χ3v) is 2.99. The van der Waals surface area contributed by atoms with Crippen LogP contribution in [0, 0.1) is 17.8 Å². The smallest absolute Gasteiger partial charge is 0.339 e. The van der Waals surface area contributed by atoms with E-state index in [1.54, 1.807) is 12.1 Å². The van der Waals surface area contributed by atoms with Gasteiger partial charge in [-0.2, -0.15) is 0 Å². The first-order chi connectivity index (χ1) is 9.38. The highest BCUT2D eigenvalue weighted by atomic mass is 79.9. The van der Waals surface area contributed by atoms with Gasteiger partial charge in [0.15, 0.2) is 6.10 Å². The highest BCUT2D eigenvalue weighted by Gasteiger charge is 2.15. The number of halogens is 1. The number of hydrogen-bond donors (Lipinski definition) is 0. The number of rotatable bonds is 4. The lowest BCUT2D eigenvalue weighted by Gasteiger charge is -2.14. The second kappa shape index (κ2) is 7.91. The lowest BCUT2D eigenvalue weighted by atomic mass is 10.1. The van der Waals surface area contributed by atoms with Crippen molar-refractivity contribution in [2.75, 3.05) is 0 Å². The first kappa shape index (κ1) is 16.5. The van der Waals surface area contributed by atoms with Crippen molar-refractivity contribution in [3.8, 4) is 11.8 Å². The van der Waals surface area contributed by atoms with Crippen LogP contribution in [0.4, 0.5) is 0 Å². The summed E-state index contributed by atoms with van der Waals surface area (Å²) in [4.78, 5) is 12.1. The minimum Gasteiger partial charge on any atom is -0.446 e. The van der Waals surface area contributed by atoms with Gasteiger partial charge in [0, 0.05) is 4.47 Å². The molecule has 0 aliphatic carbocycles. The van der Waals surface area contributed by atoms with E-state index in [0.717, 1.165) is 10.0 Å². The van der Waals surface area contributed by atoms with Crippen LogP contribution >= 0.6 is 15.9 Å². The van der Waals surface area contributed by atoms with Gasteiger partial charge in [0.25, 0.3) is 0 Å². The van der Waals surface area contributed by atoms with Gasteiger partial charge >= 0.3 is 5.97 Å². The number of hydrogen-bond acceptors (Lipinski definition) is 2. The normalized spacial score (nSPS) is 11.4. The Morgan fingerprint density at radius 3 is 2.45 bits per heavy atom. The molecule has 0 aromatic heterocycles. The summed E-state index contributed by atoms with van der Waals surface area (Å²) in [5, 5.41) is 0. The van der Waals surface area contributed by atoms with E-state index in [1.165, 1.54) is 0 Å². The molecule has 0 amide bonds. The van der Waals surface area contributed by atoms with Crippen LogP contribution in [0.15, 0.2) is 40.9 Å². The molecule has 1 rings (SSSR count). The molecule has 1 aromatic rings. The molecule has 0 radical (unpaired) electrons. The van der Waals surface area contributed by atoms with Crippen molar-refractivity contribution < 1.29 is 9.53 Å². The van der Waals surface area contributed by atoms with Crippen LogP contribution in [0.2, 0.25) is 0 Å². The predicted octanol–water partition coefficient (Wildman–Crippen LogP) is 4.60. The average molecular weight is 335 g/mol. The average Bonchev–Trinajstić information content (AvgIpc) is 2.36. The van der Waals surface area contributed by atoms with Crippen LogP contribution in [0.5, 0.6) is 0 Å². The van der Waals surface area contributed by atoms with Crippen molar-refractivity contribution in [2.24, 2.45) is 5.92 Å². The molecule has 0 bridgehead atoms. The maximum Gasteiger partial charge on any atom is 0.339 e. The molecule has 0 heterocycles. The van der Waals surface area contributed by atoms with Crippen molar-refractivity contribution in [3.63, 3.8) is 0 Å². The number of benzene rings is 1. The Morgan fingerprint density at radius 1 is 1.35 bits per heavy atom. The first-order valence-electron chi connectivity index (χ1n) is 6.52. The molecule has 1 atom stereocenters. The minimum atomic E-state index is -0.400. The molecule has 1 unspecified atom stereocenters. The lowest BCUT2D eigenvalue weighted by molar-refractivity contribution is 0.0377. The largest absolute Gasteiger partial charge is 0.446 e. The Labute approximate surface area is 129 Å². The molecule has 0 fully saturated rings. The molecule has 0 saturated heterocycles. The van der Waals surface area contributed by atoms with E-state index in [9.17, 15) is 4.79 Å². The number of carbonyl (C=O) groups excluding carboxylic acids is 1. The zero-order valence-electron chi connectivity index (χ0n) is 12.1. The standard InChI is InChI=1S/C17H19BrO2/c1-12(2)5-10-16(11-13(3)4)20-17(19)14-6-8-15(18)9-7-14/h6-9,13,16H,1,11H2,2-4H3. The third-order valence-electron chi connectivity index (χ3n) is 2.46. The zero-order valence-corrected chi connectivity index (χ0v) is 13.7. The molecular weight excluding hydrogens is 316 g/mol. The Morgan fingerprint density at radius 2 is 1.95 bits per heavy atom. The summed E-state index contributed by atoms with van der Waals surface area (Å²) >= 11 is 3.33. The minimum absolute atomic E-state index is 0.348. The van der Waals surface area contributed by atoms with Gasteiger partial charge in [-0.1, -0.05) is 48.2 Å². The molecule has 0 aliphatic rings. The molecule has 0 spiro atoms. The van der Waals surface area contributed by atoms with Crippen LogP contribution in [0.3, 0.4) is 0 Å². The topological polar surface area (TPSA) is 26.3 Å². The molecule has 20 heavy (non-hydrogen) atoms. The van der Waals surface area contributed by atoms with Gasteiger partial charge in [-0.3, -0.25) is 0 Å². The Balaban J connectivity index is 2.79. The summed E-state index contributed by atoms with van der Waals surface area (Å²) < 4.78 is 6.39. The number of esters is 1. The summed E-state index contributed by atoms with van der Waals surface area (Å²) in [7, 11) is 0. The molecule has 0 aliphatic heterocycles. The maximum atomic E-state index is 12.1. The van der Waals surface area contributed by atoms with Crippen molar-refractivity contribution in [1.29, 1.82) is 0 Å². The Hall–Kier alpha value is -1.53. The molecule has 0 N–H and O–H groups in total. The van der Waals surface area contributed by atoms with Gasteiger partial charge in [0.05, 0.1) is 5.56 Å². The fourth-order valence-corrected chi connectivity index (χ4v) is 1.82. The van der Waals surface area contributed by atoms with Crippen LogP contribution < -0.4 is 0 Å². The van der Waals surface area contributed by atoms with Crippen LogP contribution in [0.25, 0.3) is 0 Å². The lowest BCUT2D eigenvalue weighted by Crippen LogP contribution is -2.18. The van der Waals surface area contributed by atoms with E-state index in [1.807, 2.05) is 19.1 Å². The quantitative estimate of drug-likeness (QED) is 0.594. The zero-order chi connectivity index (χ0) is 15.1. The van der Waals surface area contributed by atoms with Gasteiger partial charge in [-0.05, 0) is 49.1 Å². The SMILES string of the molecule is C=C(C)C#CC(CC(C)C)OC(=O)c1ccc(Br)cc1. The van der Waals surface area contributed by atoms with Crippen molar-refractivity contribution >= 4 is 21.9 Å². The predicted molar refractivity (Wildman–Crippen MR) is 85.4 cm³/mol. The molecular formula is C17H19BrO2. The second-order valence-corrected chi connectivity index (χ2v) is 6.00. The Kier molecular flexibility index (Phi) is 6.54. The van der Waals surface area contributed by atoms with Gasteiger partial charge in [0.1, 0.15) is 0 Å². The fourth-order valence-electron chi connectivity index (χ4n) is 1.55. The van der Waals surface area contributed by atoms with Crippen molar-refractivity contribution in [1.82, 2.24) is 0 Å². The highest BCUT2D eigenvalue weighted by molar-refractivity contribution is 9.10. The Bertz CT molecular complexity index is 532. The van der Waals surface area contributed by atoms with Crippen LogP contribution in [-0.2, 0) is 4.74 Å². The van der Waals surface area contributed by atoms with E-state index in [0.29, 0.717) is 17.9 Å². The van der Waals surface area contributed by atoms with Gasteiger partial charge in [-0.25, -0.2) is 4.79 Å².